The number of aromatic nitrogens is 2. The van der Waals surface area contributed by atoms with Crippen LogP contribution in [0.2, 0.25) is 0 Å². The van der Waals surface area contributed by atoms with Crippen LogP contribution < -0.4 is 10.5 Å². The van der Waals surface area contributed by atoms with Crippen molar-refractivity contribution >= 4 is 5.82 Å². The Morgan fingerprint density at radius 2 is 2.12 bits per heavy atom. The zero-order chi connectivity index (χ0) is 12.3. The smallest absolute Gasteiger partial charge is 0.293 e. The van der Waals surface area contributed by atoms with Crippen molar-refractivity contribution in [3.8, 4) is 0 Å². The summed E-state index contributed by atoms with van der Waals surface area (Å²) >= 11 is 0. The van der Waals surface area contributed by atoms with E-state index in [-0.39, 0.29) is 11.6 Å². The first-order valence-electron chi connectivity index (χ1n) is 5.39. The molecule has 0 aromatic carbocycles. The van der Waals surface area contributed by atoms with Crippen molar-refractivity contribution in [2.45, 2.75) is 32.9 Å². The number of aliphatic hydroxyl groups excluding tert-OH is 1. The highest BCUT2D eigenvalue weighted by Crippen LogP contribution is 2.05. The Morgan fingerprint density at radius 1 is 1.50 bits per heavy atom. The number of hydrogen-bond acceptors (Lipinski definition) is 4. The number of rotatable bonds is 4. The van der Waals surface area contributed by atoms with Crippen molar-refractivity contribution in [2.75, 3.05) is 18.5 Å². The van der Waals surface area contributed by atoms with Crippen molar-refractivity contribution in [2.24, 2.45) is 0 Å². The van der Waals surface area contributed by atoms with E-state index in [1.54, 1.807) is 35.8 Å². The Labute approximate surface area is 95.4 Å². The summed E-state index contributed by atoms with van der Waals surface area (Å²) in [6.45, 7) is 5.96. The van der Waals surface area contributed by atoms with E-state index in [0.717, 1.165) is 0 Å². The van der Waals surface area contributed by atoms with E-state index in [4.69, 9.17) is 0 Å². The fourth-order valence-electron chi connectivity index (χ4n) is 1.57. The van der Waals surface area contributed by atoms with Gasteiger partial charge in [0.2, 0.25) is 0 Å². The standard InChI is InChI=1S/C11H19N3O2/c1-8(2)14-6-5-12-10(11(14)16)13(4)7-9(3)15/h5-6,8-9,15H,7H2,1-4H3. The van der Waals surface area contributed by atoms with E-state index < -0.39 is 6.10 Å². The van der Waals surface area contributed by atoms with Gasteiger partial charge in [-0.2, -0.15) is 0 Å². The fourth-order valence-corrected chi connectivity index (χ4v) is 1.57. The lowest BCUT2D eigenvalue weighted by Crippen LogP contribution is -2.35. The van der Waals surface area contributed by atoms with Gasteiger partial charge in [0.05, 0.1) is 6.10 Å². The Bertz CT molecular complexity index is 398. The molecule has 1 atom stereocenters. The summed E-state index contributed by atoms with van der Waals surface area (Å²) in [7, 11) is 1.75. The molecule has 0 fully saturated rings. The zero-order valence-corrected chi connectivity index (χ0v) is 10.2. The molecule has 5 heteroatoms. The molecule has 0 amide bonds. The molecule has 1 aromatic rings. The minimum atomic E-state index is -0.487. The maximum absolute atomic E-state index is 12.0. The third-order valence-corrected chi connectivity index (χ3v) is 2.31. The van der Waals surface area contributed by atoms with Crippen molar-refractivity contribution < 1.29 is 5.11 Å². The molecule has 0 spiro atoms. The highest BCUT2D eigenvalue weighted by Gasteiger charge is 2.12. The maximum atomic E-state index is 12.0. The summed E-state index contributed by atoms with van der Waals surface area (Å²) < 4.78 is 1.63. The van der Waals surface area contributed by atoms with Crippen LogP contribution in [0.1, 0.15) is 26.8 Å². The van der Waals surface area contributed by atoms with Crippen molar-refractivity contribution in [3.63, 3.8) is 0 Å². The third-order valence-electron chi connectivity index (χ3n) is 2.31. The van der Waals surface area contributed by atoms with Crippen molar-refractivity contribution in [1.82, 2.24) is 9.55 Å². The predicted molar refractivity (Wildman–Crippen MR) is 63.8 cm³/mol. The van der Waals surface area contributed by atoms with E-state index in [1.165, 1.54) is 0 Å². The molecule has 1 aromatic heterocycles. The summed E-state index contributed by atoms with van der Waals surface area (Å²) in [5, 5.41) is 9.28. The van der Waals surface area contributed by atoms with Crippen molar-refractivity contribution in [3.05, 3.63) is 22.7 Å². The largest absolute Gasteiger partial charge is 0.392 e. The van der Waals surface area contributed by atoms with Crippen LogP contribution in [0.3, 0.4) is 0 Å². The topological polar surface area (TPSA) is 58.4 Å². The molecule has 1 heterocycles. The van der Waals surface area contributed by atoms with E-state index in [1.807, 2.05) is 13.8 Å². The molecule has 1 unspecified atom stereocenters. The Hall–Kier alpha value is -1.36. The molecule has 5 nitrogen and oxygen atoms in total. The summed E-state index contributed by atoms with van der Waals surface area (Å²) in [5.41, 5.74) is -0.124. The molecule has 0 radical (unpaired) electrons. The van der Waals surface area contributed by atoms with Gasteiger partial charge in [-0.05, 0) is 20.8 Å². The summed E-state index contributed by atoms with van der Waals surface area (Å²) in [6.07, 6.45) is 2.79. The number of aliphatic hydroxyl groups is 1. The maximum Gasteiger partial charge on any atom is 0.293 e. The van der Waals surface area contributed by atoms with Crippen LogP contribution in [0.25, 0.3) is 0 Å². The van der Waals surface area contributed by atoms with E-state index in [9.17, 15) is 9.90 Å². The average Bonchev–Trinajstić information content (AvgIpc) is 2.16. The first kappa shape index (κ1) is 12.7. The molecule has 1 rings (SSSR count). The highest BCUT2D eigenvalue weighted by molar-refractivity contribution is 5.34. The molecule has 0 saturated heterocycles. The minimum Gasteiger partial charge on any atom is -0.392 e. The van der Waals surface area contributed by atoms with Gasteiger partial charge in [0.15, 0.2) is 5.82 Å². The quantitative estimate of drug-likeness (QED) is 0.817. The second-order valence-corrected chi connectivity index (χ2v) is 4.29. The zero-order valence-electron chi connectivity index (χ0n) is 10.2. The first-order chi connectivity index (χ1) is 7.43. The number of hydrogen-bond donors (Lipinski definition) is 1. The first-order valence-corrected chi connectivity index (χ1v) is 5.39. The Kier molecular flexibility index (Phi) is 4.06. The highest BCUT2D eigenvalue weighted by atomic mass is 16.3. The second kappa shape index (κ2) is 5.12. The monoisotopic (exact) mass is 225 g/mol. The fraction of sp³-hybridized carbons (Fsp3) is 0.636. The van der Waals surface area contributed by atoms with Gasteiger partial charge >= 0.3 is 0 Å². The van der Waals surface area contributed by atoms with Gasteiger partial charge < -0.3 is 14.6 Å². The van der Waals surface area contributed by atoms with Crippen LogP contribution in [0.4, 0.5) is 5.82 Å². The Morgan fingerprint density at radius 3 is 2.62 bits per heavy atom. The second-order valence-electron chi connectivity index (χ2n) is 4.29. The lowest BCUT2D eigenvalue weighted by molar-refractivity contribution is 0.201. The van der Waals surface area contributed by atoms with Gasteiger partial charge in [0.25, 0.3) is 5.56 Å². The SMILES string of the molecule is CC(O)CN(C)c1nccn(C(C)C)c1=O. The number of nitrogens with zero attached hydrogens (tertiary/aromatic N) is 3. The van der Waals surface area contributed by atoms with Crippen LogP contribution in [0.15, 0.2) is 17.2 Å². The summed E-state index contributed by atoms with van der Waals surface area (Å²) in [5.74, 6) is 0.372. The van der Waals surface area contributed by atoms with Gasteiger partial charge in [-0.3, -0.25) is 4.79 Å². The van der Waals surface area contributed by atoms with Gasteiger partial charge in [-0.1, -0.05) is 0 Å². The summed E-state index contributed by atoms with van der Waals surface area (Å²) in [6, 6.07) is 0.106. The normalized spacial score (nSPS) is 12.9. The Balaban J connectivity index is 3.06. The number of likely N-dealkylation sites (N-methyl/N-ethyl adjacent to an activating group) is 1. The third kappa shape index (κ3) is 2.82. The van der Waals surface area contributed by atoms with Crippen molar-refractivity contribution in [1.29, 1.82) is 0 Å². The lowest BCUT2D eigenvalue weighted by Gasteiger charge is -2.20. The molecule has 0 aliphatic rings. The molecule has 0 bridgehead atoms. The molecule has 90 valence electrons. The van der Waals surface area contributed by atoms with Crippen LogP contribution in [-0.2, 0) is 0 Å². The molecular weight excluding hydrogens is 206 g/mol. The molecule has 1 N–H and O–H groups in total. The van der Waals surface area contributed by atoms with Gasteiger partial charge in [-0.15, -0.1) is 0 Å². The molecule has 0 aliphatic heterocycles. The van der Waals surface area contributed by atoms with Gasteiger partial charge in [0, 0.05) is 32.0 Å². The van der Waals surface area contributed by atoms with Gasteiger partial charge in [-0.25, -0.2) is 4.98 Å². The van der Waals surface area contributed by atoms with E-state index in [2.05, 4.69) is 4.98 Å². The van der Waals surface area contributed by atoms with Crippen LogP contribution in [-0.4, -0.2) is 34.4 Å². The van der Waals surface area contributed by atoms with Crippen LogP contribution in [0, 0.1) is 0 Å². The average molecular weight is 225 g/mol. The number of anilines is 1. The van der Waals surface area contributed by atoms with E-state index >= 15 is 0 Å². The lowest BCUT2D eigenvalue weighted by atomic mass is 10.3. The molecular formula is C11H19N3O2. The molecule has 16 heavy (non-hydrogen) atoms. The van der Waals surface area contributed by atoms with Crippen LogP contribution in [0.5, 0.6) is 0 Å². The van der Waals surface area contributed by atoms with E-state index in [0.29, 0.717) is 12.4 Å². The van der Waals surface area contributed by atoms with Crippen LogP contribution >= 0.6 is 0 Å². The van der Waals surface area contributed by atoms with Gasteiger partial charge in [0.1, 0.15) is 0 Å². The summed E-state index contributed by atoms with van der Waals surface area (Å²) in [4.78, 5) is 17.7. The molecule has 0 saturated carbocycles. The molecule has 0 aliphatic carbocycles. The predicted octanol–water partition coefficient (Wildman–Crippen LogP) is 0.641. The minimum absolute atomic E-state index is 0.106.